The summed E-state index contributed by atoms with van der Waals surface area (Å²) in [6.45, 7) is 5.58. The lowest BCUT2D eigenvalue weighted by atomic mass is 10.1. The van der Waals surface area contributed by atoms with Crippen LogP contribution in [0, 0.1) is 13.8 Å². The smallest absolute Gasteiger partial charge is 0.338 e. The molecule has 2 aromatic carbocycles. The molecule has 0 saturated heterocycles. The minimum atomic E-state index is -0.420. The van der Waals surface area contributed by atoms with E-state index in [0.717, 1.165) is 22.5 Å². The molecule has 0 spiro atoms. The number of aryl methyl sites for hydroxylation is 2. The molecular weight excluding hydrogens is 422 g/mol. The summed E-state index contributed by atoms with van der Waals surface area (Å²) in [5.74, 6) is -0.551. The van der Waals surface area contributed by atoms with Crippen LogP contribution < -0.4 is 4.90 Å². The highest BCUT2D eigenvalue weighted by Crippen LogP contribution is 2.30. The van der Waals surface area contributed by atoms with Crippen molar-refractivity contribution in [2.45, 2.75) is 27.4 Å². The van der Waals surface area contributed by atoms with Crippen molar-refractivity contribution >= 4 is 34.0 Å². The summed E-state index contributed by atoms with van der Waals surface area (Å²) in [6.07, 6.45) is 3.88. The van der Waals surface area contributed by atoms with Gasteiger partial charge in [0.2, 0.25) is 5.91 Å². The van der Waals surface area contributed by atoms with Gasteiger partial charge in [0.05, 0.1) is 16.9 Å². The fraction of sp³-hybridized carbons (Fsp3) is 0.160. The first kappa shape index (κ1) is 21.5. The van der Waals surface area contributed by atoms with Gasteiger partial charge in [-0.1, -0.05) is 6.07 Å². The van der Waals surface area contributed by atoms with Crippen LogP contribution in [-0.4, -0.2) is 21.4 Å². The number of hydrogen-bond acceptors (Lipinski definition) is 5. The van der Waals surface area contributed by atoms with E-state index >= 15 is 0 Å². The largest absolute Gasteiger partial charge is 0.456 e. The second-order valence-corrected chi connectivity index (χ2v) is 8.29. The Hall–Kier alpha value is -3.71. The molecule has 0 radical (unpaired) electrons. The van der Waals surface area contributed by atoms with Crippen LogP contribution in [-0.2, 0) is 16.1 Å². The second kappa shape index (κ2) is 9.20. The van der Waals surface area contributed by atoms with Crippen LogP contribution in [0.15, 0.2) is 72.4 Å². The number of carbonyl (C=O) groups is 2. The molecule has 0 fully saturated rings. The topological polar surface area (TPSA) is 64.4 Å². The number of thiazole rings is 1. The summed E-state index contributed by atoms with van der Waals surface area (Å²) in [5, 5.41) is 2.34. The van der Waals surface area contributed by atoms with E-state index < -0.39 is 5.97 Å². The van der Waals surface area contributed by atoms with Gasteiger partial charge in [-0.2, -0.15) is 0 Å². The Morgan fingerprint density at radius 1 is 1.03 bits per heavy atom. The summed E-state index contributed by atoms with van der Waals surface area (Å²) in [7, 11) is 0. The molecule has 4 aromatic rings. The van der Waals surface area contributed by atoms with E-state index in [-0.39, 0.29) is 12.5 Å². The van der Waals surface area contributed by atoms with Crippen LogP contribution in [0.1, 0.15) is 34.1 Å². The van der Waals surface area contributed by atoms with E-state index in [1.54, 1.807) is 22.4 Å². The van der Waals surface area contributed by atoms with Crippen molar-refractivity contribution in [1.82, 2.24) is 9.55 Å². The molecule has 32 heavy (non-hydrogen) atoms. The molecule has 0 bridgehead atoms. The molecule has 0 saturated carbocycles. The quantitative estimate of drug-likeness (QED) is 0.363. The third-order valence-electron chi connectivity index (χ3n) is 5.15. The van der Waals surface area contributed by atoms with Crippen LogP contribution >= 0.6 is 11.3 Å². The second-order valence-electron chi connectivity index (χ2n) is 7.46. The van der Waals surface area contributed by atoms with Crippen molar-refractivity contribution in [1.29, 1.82) is 0 Å². The molecule has 1 amide bonds. The number of esters is 1. The highest BCUT2D eigenvalue weighted by atomic mass is 32.1. The fourth-order valence-corrected chi connectivity index (χ4v) is 4.13. The summed E-state index contributed by atoms with van der Waals surface area (Å²) < 4.78 is 7.39. The number of anilines is 2. The van der Waals surface area contributed by atoms with Gasteiger partial charge in [0, 0.05) is 30.4 Å². The van der Waals surface area contributed by atoms with E-state index in [1.165, 1.54) is 18.3 Å². The average Bonchev–Trinajstić information content (AvgIpc) is 3.47. The molecule has 0 aliphatic rings. The lowest BCUT2D eigenvalue weighted by Crippen LogP contribution is -2.22. The van der Waals surface area contributed by atoms with Gasteiger partial charge in [0.25, 0.3) is 0 Å². The van der Waals surface area contributed by atoms with Crippen molar-refractivity contribution in [3.8, 4) is 5.69 Å². The molecule has 0 aliphatic heterocycles. The van der Waals surface area contributed by atoms with Gasteiger partial charge in [0.1, 0.15) is 6.61 Å². The van der Waals surface area contributed by atoms with Gasteiger partial charge in [-0.05, 0) is 73.5 Å². The van der Waals surface area contributed by atoms with Crippen LogP contribution in [0.3, 0.4) is 0 Å². The fourth-order valence-electron chi connectivity index (χ4n) is 3.26. The van der Waals surface area contributed by atoms with E-state index in [2.05, 4.69) is 4.98 Å². The lowest BCUT2D eigenvalue weighted by molar-refractivity contribution is -0.115. The highest BCUT2D eigenvalue weighted by molar-refractivity contribution is 7.14. The highest BCUT2D eigenvalue weighted by Gasteiger charge is 2.19. The minimum absolute atomic E-state index is 0.0351. The van der Waals surface area contributed by atoms with Crippen molar-refractivity contribution in [2.75, 3.05) is 4.90 Å². The standard InChI is InChI=1S/C25H23N3O3S/c1-17-6-9-23(14-18(17)2)28(19(3)29)25-26-21(16-32-25)15-31-24(30)20-7-10-22(11-8-20)27-12-4-5-13-27/h4-14,16H,15H2,1-3H3. The number of carbonyl (C=O) groups excluding carboxylic acids is 2. The number of nitrogens with zero attached hydrogens (tertiary/aromatic N) is 3. The maximum Gasteiger partial charge on any atom is 0.338 e. The first-order valence-corrected chi connectivity index (χ1v) is 11.0. The predicted molar refractivity (Wildman–Crippen MR) is 126 cm³/mol. The van der Waals surface area contributed by atoms with Gasteiger partial charge < -0.3 is 9.30 Å². The molecule has 0 aliphatic carbocycles. The Balaban J connectivity index is 1.43. The van der Waals surface area contributed by atoms with Gasteiger partial charge in [-0.25, -0.2) is 9.78 Å². The van der Waals surface area contributed by atoms with Crippen molar-refractivity contribution < 1.29 is 14.3 Å². The molecule has 162 valence electrons. The van der Waals surface area contributed by atoms with Gasteiger partial charge in [-0.3, -0.25) is 9.69 Å². The number of ether oxygens (including phenoxy) is 1. The summed E-state index contributed by atoms with van der Waals surface area (Å²) in [6, 6.07) is 16.9. The molecule has 7 heteroatoms. The van der Waals surface area contributed by atoms with Crippen LogP contribution in [0.2, 0.25) is 0 Å². The zero-order chi connectivity index (χ0) is 22.7. The van der Waals surface area contributed by atoms with E-state index in [4.69, 9.17) is 4.74 Å². The van der Waals surface area contributed by atoms with Crippen LogP contribution in [0.25, 0.3) is 5.69 Å². The average molecular weight is 446 g/mol. The van der Waals surface area contributed by atoms with Gasteiger partial charge in [-0.15, -0.1) is 11.3 Å². The Morgan fingerprint density at radius 3 is 2.41 bits per heavy atom. The first-order valence-electron chi connectivity index (χ1n) is 10.2. The summed E-state index contributed by atoms with van der Waals surface area (Å²) in [4.78, 5) is 30.8. The minimum Gasteiger partial charge on any atom is -0.456 e. The first-order chi connectivity index (χ1) is 15.4. The molecule has 2 heterocycles. The summed E-state index contributed by atoms with van der Waals surface area (Å²) in [5.41, 5.74) is 5.05. The number of aromatic nitrogens is 2. The third kappa shape index (κ3) is 4.63. The number of rotatable bonds is 6. The lowest BCUT2D eigenvalue weighted by Gasteiger charge is -2.19. The molecular formula is C25H23N3O3S. The number of hydrogen-bond donors (Lipinski definition) is 0. The third-order valence-corrected chi connectivity index (χ3v) is 6.03. The Bertz CT molecular complexity index is 1240. The molecule has 6 nitrogen and oxygen atoms in total. The molecule has 0 N–H and O–H groups in total. The summed E-state index contributed by atoms with van der Waals surface area (Å²) >= 11 is 1.34. The predicted octanol–water partition coefficient (Wildman–Crippen LogP) is 5.59. The maximum atomic E-state index is 12.4. The SMILES string of the molecule is CC(=O)N(c1ccc(C)c(C)c1)c1nc(COC(=O)c2ccc(-n3cccc3)cc2)cs1. The molecule has 0 atom stereocenters. The normalized spacial score (nSPS) is 10.7. The van der Waals surface area contributed by atoms with E-state index in [0.29, 0.717) is 16.4 Å². The van der Waals surface area contributed by atoms with Crippen LogP contribution in [0.5, 0.6) is 0 Å². The van der Waals surface area contributed by atoms with Crippen molar-refractivity contribution in [2.24, 2.45) is 0 Å². The number of benzene rings is 2. The zero-order valence-corrected chi connectivity index (χ0v) is 18.9. The monoisotopic (exact) mass is 445 g/mol. The van der Waals surface area contributed by atoms with E-state index in [9.17, 15) is 9.59 Å². The molecule has 0 unspecified atom stereocenters. The Morgan fingerprint density at radius 2 is 1.75 bits per heavy atom. The molecule has 2 aromatic heterocycles. The number of amides is 1. The van der Waals surface area contributed by atoms with Gasteiger partial charge >= 0.3 is 5.97 Å². The van der Waals surface area contributed by atoms with Crippen molar-refractivity contribution in [3.05, 3.63) is 94.8 Å². The van der Waals surface area contributed by atoms with Crippen molar-refractivity contribution in [3.63, 3.8) is 0 Å². The Labute approximate surface area is 190 Å². The maximum absolute atomic E-state index is 12.4. The van der Waals surface area contributed by atoms with E-state index in [1.807, 2.05) is 73.3 Å². The van der Waals surface area contributed by atoms with Crippen LogP contribution in [0.4, 0.5) is 10.8 Å². The van der Waals surface area contributed by atoms with Gasteiger partial charge in [0.15, 0.2) is 5.13 Å². The molecule has 4 rings (SSSR count). The Kier molecular flexibility index (Phi) is 6.18. The zero-order valence-electron chi connectivity index (χ0n) is 18.1.